The number of nitrogens with zero attached hydrogens (tertiary/aromatic N) is 3. The molecule has 3 aromatic rings. The van der Waals surface area contributed by atoms with Crippen LogP contribution in [-0.2, 0) is 12.0 Å². The van der Waals surface area contributed by atoms with Crippen molar-refractivity contribution in [1.29, 1.82) is 0 Å². The third kappa shape index (κ3) is 1.47. The topological polar surface area (TPSA) is 39.0 Å². The molecule has 1 aliphatic rings. The van der Waals surface area contributed by atoms with Crippen LogP contribution in [0.25, 0.3) is 16.4 Å². The molecular formula is C17H18N3O+. The summed E-state index contributed by atoms with van der Waals surface area (Å²) in [6.07, 6.45) is 6.37. The van der Waals surface area contributed by atoms with Crippen molar-refractivity contribution in [1.82, 2.24) is 9.55 Å². The fourth-order valence-electron chi connectivity index (χ4n) is 3.80. The van der Waals surface area contributed by atoms with E-state index >= 15 is 0 Å². The van der Waals surface area contributed by atoms with Crippen molar-refractivity contribution in [3.8, 4) is 0 Å². The second-order valence-corrected chi connectivity index (χ2v) is 5.90. The molecule has 4 heteroatoms. The molecule has 4 nitrogen and oxygen atoms in total. The third-order valence-corrected chi connectivity index (χ3v) is 5.07. The van der Waals surface area contributed by atoms with Crippen molar-refractivity contribution in [3.63, 3.8) is 0 Å². The van der Waals surface area contributed by atoms with Gasteiger partial charge in [0.2, 0.25) is 12.0 Å². The highest BCUT2D eigenvalue weighted by atomic mass is 16.1. The van der Waals surface area contributed by atoms with Crippen molar-refractivity contribution >= 4 is 16.4 Å². The Labute approximate surface area is 122 Å². The molecular weight excluding hydrogens is 262 g/mol. The molecule has 3 heterocycles. The van der Waals surface area contributed by atoms with Gasteiger partial charge in [0.15, 0.2) is 0 Å². The maximum atomic E-state index is 12.5. The zero-order chi connectivity index (χ0) is 14.6. The third-order valence-electron chi connectivity index (χ3n) is 5.07. The van der Waals surface area contributed by atoms with Gasteiger partial charge in [0.05, 0.1) is 11.6 Å². The van der Waals surface area contributed by atoms with Crippen molar-refractivity contribution in [2.24, 2.45) is 0 Å². The molecule has 0 fully saturated rings. The summed E-state index contributed by atoms with van der Waals surface area (Å²) in [5, 5.41) is 2.38. The molecule has 0 bridgehead atoms. The van der Waals surface area contributed by atoms with E-state index in [0.29, 0.717) is 0 Å². The molecule has 0 aliphatic carbocycles. The summed E-state index contributed by atoms with van der Waals surface area (Å²) < 4.78 is 3.91. The monoisotopic (exact) mass is 280 g/mol. The molecule has 0 spiro atoms. The van der Waals surface area contributed by atoms with E-state index in [4.69, 9.17) is 0 Å². The average molecular weight is 280 g/mol. The van der Waals surface area contributed by atoms with Gasteiger partial charge in [0.1, 0.15) is 5.54 Å². The summed E-state index contributed by atoms with van der Waals surface area (Å²) in [6, 6.07) is 8.50. The highest BCUT2D eigenvalue weighted by Gasteiger charge is 2.40. The fraction of sp³-hybridized carbons (Fsp3) is 0.353. The van der Waals surface area contributed by atoms with Crippen LogP contribution in [0.1, 0.15) is 32.3 Å². The van der Waals surface area contributed by atoms with E-state index < -0.39 is 0 Å². The van der Waals surface area contributed by atoms with E-state index in [1.165, 1.54) is 16.3 Å². The van der Waals surface area contributed by atoms with Gasteiger partial charge in [-0.3, -0.25) is 0 Å². The summed E-state index contributed by atoms with van der Waals surface area (Å²) in [4.78, 5) is 16.6. The van der Waals surface area contributed by atoms with Gasteiger partial charge in [-0.1, -0.05) is 32.0 Å². The molecule has 106 valence electrons. The summed E-state index contributed by atoms with van der Waals surface area (Å²) in [7, 11) is 0. The van der Waals surface area contributed by atoms with Gasteiger partial charge in [0, 0.05) is 6.42 Å². The van der Waals surface area contributed by atoms with E-state index in [-0.39, 0.29) is 11.2 Å². The van der Waals surface area contributed by atoms with Crippen LogP contribution in [-0.4, -0.2) is 9.55 Å². The van der Waals surface area contributed by atoms with Crippen molar-refractivity contribution in [2.75, 3.05) is 0 Å². The van der Waals surface area contributed by atoms with Gasteiger partial charge in [-0.2, -0.15) is 4.57 Å². The molecule has 1 aliphatic heterocycles. The summed E-state index contributed by atoms with van der Waals surface area (Å²) in [5.74, 6) is 0. The van der Waals surface area contributed by atoms with Crippen LogP contribution >= 0.6 is 0 Å². The molecule has 4 rings (SSSR count). The van der Waals surface area contributed by atoms with Crippen molar-refractivity contribution in [3.05, 3.63) is 52.8 Å². The predicted octanol–water partition coefficient (Wildman–Crippen LogP) is 2.21. The van der Waals surface area contributed by atoms with E-state index in [2.05, 4.69) is 43.1 Å². The minimum atomic E-state index is -0.167. The smallest absolute Gasteiger partial charge is 0.209 e. The lowest BCUT2D eigenvalue weighted by molar-refractivity contribution is -0.520. The van der Waals surface area contributed by atoms with Crippen LogP contribution in [0.2, 0.25) is 0 Å². The van der Waals surface area contributed by atoms with Crippen LogP contribution in [0.3, 0.4) is 0 Å². The first-order valence-electron chi connectivity index (χ1n) is 7.54. The summed E-state index contributed by atoms with van der Waals surface area (Å²) in [5.41, 5.74) is 2.01. The molecule has 21 heavy (non-hydrogen) atoms. The molecule has 0 saturated carbocycles. The Morgan fingerprint density at radius 2 is 2.10 bits per heavy atom. The maximum absolute atomic E-state index is 12.5. The Kier molecular flexibility index (Phi) is 2.46. The van der Waals surface area contributed by atoms with Gasteiger partial charge >= 0.3 is 5.69 Å². The van der Waals surface area contributed by atoms with E-state index in [1.54, 1.807) is 6.33 Å². The van der Waals surface area contributed by atoms with Crippen molar-refractivity contribution < 1.29 is 4.40 Å². The number of benzene rings is 1. The zero-order valence-corrected chi connectivity index (χ0v) is 12.3. The Bertz CT molecular complexity index is 922. The van der Waals surface area contributed by atoms with Gasteiger partial charge < -0.3 is 0 Å². The predicted molar refractivity (Wildman–Crippen MR) is 81.4 cm³/mol. The Morgan fingerprint density at radius 1 is 1.29 bits per heavy atom. The molecule has 0 saturated heterocycles. The Balaban J connectivity index is 2.33. The first kappa shape index (κ1) is 12.5. The van der Waals surface area contributed by atoms with Crippen LogP contribution in [0, 0.1) is 0 Å². The summed E-state index contributed by atoms with van der Waals surface area (Å²) in [6.45, 7) is 4.32. The second-order valence-electron chi connectivity index (χ2n) is 5.90. The van der Waals surface area contributed by atoms with Crippen LogP contribution in [0.15, 0.2) is 41.6 Å². The highest BCUT2D eigenvalue weighted by molar-refractivity contribution is 5.95. The molecule has 0 amide bonds. The quantitative estimate of drug-likeness (QED) is 0.533. The average Bonchev–Trinajstić information content (AvgIpc) is 2.53. The lowest BCUT2D eigenvalue weighted by Crippen LogP contribution is -2.49. The van der Waals surface area contributed by atoms with Gasteiger partial charge in [-0.15, -0.1) is 0 Å². The highest BCUT2D eigenvalue weighted by Crippen LogP contribution is 2.37. The van der Waals surface area contributed by atoms with Crippen molar-refractivity contribution in [2.45, 2.75) is 38.6 Å². The first-order valence-corrected chi connectivity index (χ1v) is 7.54. The van der Waals surface area contributed by atoms with Gasteiger partial charge in [0.25, 0.3) is 0 Å². The largest absolute Gasteiger partial charge is 0.480 e. The Hall–Kier alpha value is -2.23. The number of rotatable bonds is 2. The molecule has 0 radical (unpaired) electrons. The Morgan fingerprint density at radius 3 is 2.86 bits per heavy atom. The molecule has 2 aromatic heterocycles. The zero-order valence-electron chi connectivity index (χ0n) is 12.3. The summed E-state index contributed by atoms with van der Waals surface area (Å²) >= 11 is 0. The normalized spacial score (nSPS) is 15.9. The number of hydrogen-bond donors (Lipinski definition) is 0. The molecule has 0 N–H and O–H groups in total. The molecule has 0 atom stereocenters. The fourth-order valence-corrected chi connectivity index (χ4v) is 3.80. The van der Waals surface area contributed by atoms with Crippen LogP contribution < -0.4 is 10.1 Å². The maximum Gasteiger partial charge on any atom is 0.480 e. The van der Waals surface area contributed by atoms with Gasteiger partial charge in [-0.25, -0.2) is 9.20 Å². The van der Waals surface area contributed by atoms with E-state index in [9.17, 15) is 4.79 Å². The van der Waals surface area contributed by atoms with Crippen LogP contribution in [0.4, 0.5) is 0 Å². The lowest BCUT2D eigenvalue weighted by Gasteiger charge is -2.34. The molecule has 1 aromatic carbocycles. The second kappa shape index (κ2) is 4.13. The van der Waals surface area contributed by atoms with E-state index in [0.717, 1.165) is 24.9 Å². The minimum Gasteiger partial charge on any atom is -0.209 e. The molecule has 0 unspecified atom stereocenters. The number of hydrogen-bond acceptors (Lipinski definition) is 2. The SMILES string of the molecule is CCC1(CC)Cc2cccc3cc[n+]4cnc(=O)n1c4c23. The number of pyridine rings is 1. The first-order chi connectivity index (χ1) is 10.2. The minimum absolute atomic E-state index is 0.138. The number of aromatic nitrogens is 3. The van der Waals surface area contributed by atoms with E-state index in [1.807, 2.05) is 15.2 Å². The standard InChI is InChI=1S/C17H18N3O/c1-3-17(4-2)10-13-7-5-6-12-8-9-19-11-18-16(21)20(17)15(19)14(12)13/h5-9,11H,3-4,10H2,1-2H3/q+1. The lowest BCUT2D eigenvalue weighted by atomic mass is 9.81. The van der Waals surface area contributed by atoms with Gasteiger partial charge in [-0.05, 0) is 34.8 Å². The van der Waals surface area contributed by atoms with Crippen LogP contribution in [0.5, 0.6) is 0 Å².